The van der Waals surface area contributed by atoms with Crippen LogP contribution in [0.5, 0.6) is 5.75 Å². The molecule has 2 amide bonds. The zero-order chi connectivity index (χ0) is 24.4. The first kappa shape index (κ1) is 22.5. The van der Waals surface area contributed by atoms with Gasteiger partial charge in [-0.1, -0.05) is 0 Å². The summed E-state index contributed by atoms with van der Waals surface area (Å²) < 4.78 is 25.7. The van der Waals surface area contributed by atoms with Crippen molar-refractivity contribution in [3.8, 4) is 23.1 Å². The number of oxazole rings is 1. The Bertz CT molecular complexity index is 1290. The number of benzene rings is 1. The van der Waals surface area contributed by atoms with Gasteiger partial charge in [0.1, 0.15) is 17.9 Å². The molecule has 1 N–H and O–H groups in total. The summed E-state index contributed by atoms with van der Waals surface area (Å²) in [5.74, 6) is -0.0211. The standard InChI is InChI=1S/C25H22FN5O4/c26-19-13-31(25(33)23-12-28-14-34-23)8-6-22(19)35-21-4-3-16(9-17(21)11-27)20-10-18(5-7-29-20)30-24(32)15-1-2-15/h3-5,7,9-10,12,14-15,19,22H,1-2,6,8,13H2,(H,29,30,32)/t19-,22+/m1/s1. The average Bonchev–Trinajstić information content (AvgIpc) is 3.59. The summed E-state index contributed by atoms with van der Waals surface area (Å²) >= 11 is 0. The van der Waals surface area contributed by atoms with Crippen molar-refractivity contribution in [3.05, 3.63) is 60.4 Å². The second kappa shape index (κ2) is 9.54. The lowest BCUT2D eigenvalue weighted by atomic mass is 10.0. The highest BCUT2D eigenvalue weighted by Gasteiger charge is 2.34. The third-order valence-corrected chi connectivity index (χ3v) is 6.06. The number of alkyl halides is 1. The summed E-state index contributed by atoms with van der Waals surface area (Å²) in [6.45, 7) is 0.140. The summed E-state index contributed by atoms with van der Waals surface area (Å²) in [6.07, 6.45) is 3.89. The molecule has 2 aliphatic rings. The van der Waals surface area contributed by atoms with Gasteiger partial charge in [-0.15, -0.1) is 0 Å². The lowest BCUT2D eigenvalue weighted by Gasteiger charge is -2.34. The molecule has 0 radical (unpaired) electrons. The second-order valence-corrected chi connectivity index (χ2v) is 8.59. The smallest absolute Gasteiger partial charge is 0.291 e. The van der Waals surface area contributed by atoms with Crippen LogP contribution in [0, 0.1) is 17.2 Å². The number of carbonyl (C=O) groups is 2. The molecule has 3 heterocycles. The minimum Gasteiger partial charge on any atom is -0.486 e. The summed E-state index contributed by atoms with van der Waals surface area (Å²) in [6, 6.07) is 10.5. The first-order chi connectivity index (χ1) is 17.0. The molecule has 10 heteroatoms. The molecule has 9 nitrogen and oxygen atoms in total. The SMILES string of the molecule is N#Cc1cc(-c2cc(NC(=O)C3CC3)ccn2)ccc1O[C@H]1CCN(C(=O)c2cnco2)C[C@H]1F. The number of carbonyl (C=O) groups excluding carboxylic acids is 2. The van der Waals surface area contributed by atoms with Crippen molar-refractivity contribution in [1.29, 1.82) is 5.26 Å². The first-order valence-electron chi connectivity index (χ1n) is 11.3. The van der Waals surface area contributed by atoms with Crippen LogP contribution in [0.2, 0.25) is 0 Å². The average molecular weight is 475 g/mol. The number of anilines is 1. The maximum Gasteiger partial charge on any atom is 0.291 e. The molecule has 1 aromatic carbocycles. The molecule has 0 unspecified atom stereocenters. The second-order valence-electron chi connectivity index (χ2n) is 8.59. The molecular weight excluding hydrogens is 453 g/mol. The van der Waals surface area contributed by atoms with Crippen molar-refractivity contribution in [1.82, 2.24) is 14.9 Å². The third-order valence-electron chi connectivity index (χ3n) is 6.06. The van der Waals surface area contributed by atoms with E-state index in [-0.39, 0.29) is 48.4 Å². The predicted octanol–water partition coefficient (Wildman–Crippen LogP) is 3.59. The molecule has 178 valence electrons. The number of likely N-dealkylation sites (tertiary alicyclic amines) is 1. The van der Waals surface area contributed by atoms with Crippen LogP contribution in [-0.2, 0) is 4.79 Å². The maximum absolute atomic E-state index is 14.9. The molecule has 1 saturated heterocycles. The van der Waals surface area contributed by atoms with Crippen molar-refractivity contribution in [2.45, 2.75) is 31.5 Å². The first-order valence-corrected chi connectivity index (χ1v) is 11.3. The van der Waals surface area contributed by atoms with Crippen LogP contribution in [0.3, 0.4) is 0 Å². The normalized spacial score (nSPS) is 19.6. The van der Waals surface area contributed by atoms with Crippen LogP contribution in [-0.4, -0.2) is 52.0 Å². The van der Waals surface area contributed by atoms with Gasteiger partial charge in [0, 0.05) is 36.3 Å². The Morgan fingerprint density at radius 3 is 2.80 bits per heavy atom. The molecular formula is C25H22FN5O4. The highest BCUT2D eigenvalue weighted by atomic mass is 19.1. The van der Waals surface area contributed by atoms with E-state index in [9.17, 15) is 19.2 Å². The van der Waals surface area contributed by atoms with Crippen molar-refractivity contribution < 1.29 is 23.1 Å². The van der Waals surface area contributed by atoms with Gasteiger partial charge in [-0.05, 0) is 43.2 Å². The number of hydrogen-bond donors (Lipinski definition) is 1. The molecule has 0 spiro atoms. The van der Waals surface area contributed by atoms with Gasteiger partial charge in [0.2, 0.25) is 11.7 Å². The molecule has 5 rings (SSSR count). The largest absolute Gasteiger partial charge is 0.486 e. The number of piperidine rings is 1. The summed E-state index contributed by atoms with van der Waals surface area (Å²) in [7, 11) is 0. The number of rotatable bonds is 6. The predicted molar refractivity (Wildman–Crippen MR) is 122 cm³/mol. The Morgan fingerprint density at radius 1 is 1.23 bits per heavy atom. The van der Waals surface area contributed by atoms with Crippen molar-refractivity contribution in [3.63, 3.8) is 0 Å². The van der Waals surface area contributed by atoms with Crippen LogP contribution in [0.25, 0.3) is 11.3 Å². The molecule has 2 aromatic heterocycles. The van der Waals surface area contributed by atoms with Crippen LogP contribution >= 0.6 is 0 Å². The van der Waals surface area contributed by atoms with E-state index in [2.05, 4.69) is 21.4 Å². The van der Waals surface area contributed by atoms with Crippen LogP contribution < -0.4 is 10.1 Å². The number of halogens is 1. The van der Waals surface area contributed by atoms with Gasteiger partial charge in [0.15, 0.2) is 12.6 Å². The van der Waals surface area contributed by atoms with Gasteiger partial charge >= 0.3 is 0 Å². The minimum atomic E-state index is -1.43. The van der Waals surface area contributed by atoms with Gasteiger partial charge in [-0.2, -0.15) is 5.26 Å². The number of nitriles is 1. The summed E-state index contributed by atoms with van der Waals surface area (Å²) in [4.78, 5) is 33.8. The number of nitrogens with one attached hydrogen (secondary N) is 1. The third kappa shape index (κ3) is 4.99. The van der Waals surface area contributed by atoms with E-state index in [1.165, 1.54) is 11.1 Å². The van der Waals surface area contributed by atoms with Gasteiger partial charge in [0.05, 0.1) is 24.0 Å². The van der Waals surface area contributed by atoms with E-state index in [0.717, 1.165) is 19.2 Å². The Labute approximate surface area is 200 Å². The monoisotopic (exact) mass is 475 g/mol. The van der Waals surface area contributed by atoms with E-state index in [4.69, 9.17) is 9.15 Å². The summed E-state index contributed by atoms with van der Waals surface area (Å²) in [5, 5.41) is 12.6. The van der Waals surface area contributed by atoms with Crippen LogP contribution in [0.4, 0.5) is 10.1 Å². The van der Waals surface area contributed by atoms with E-state index >= 15 is 0 Å². The highest BCUT2D eigenvalue weighted by Crippen LogP contribution is 2.32. The zero-order valence-electron chi connectivity index (χ0n) is 18.7. The van der Waals surface area contributed by atoms with Gasteiger partial charge in [-0.3, -0.25) is 14.6 Å². The van der Waals surface area contributed by atoms with Gasteiger partial charge in [-0.25, -0.2) is 9.37 Å². The quantitative estimate of drug-likeness (QED) is 0.578. The van der Waals surface area contributed by atoms with Crippen molar-refractivity contribution >= 4 is 17.5 Å². The Morgan fingerprint density at radius 2 is 2.09 bits per heavy atom. The number of pyridine rings is 1. The Balaban J connectivity index is 1.27. The fraction of sp³-hybridized carbons (Fsp3) is 0.320. The number of hydrogen-bond acceptors (Lipinski definition) is 7. The minimum absolute atomic E-state index is 0.00189. The fourth-order valence-corrected chi connectivity index (χ4v) is 3.98. The van der Waals surface area contributed by atoms with E-state index in [0.29, 0.717) is 16.9 Å². The Kier molecular flexibility index (Phi) is 6.14. The number of nitrogens with zero attached hydrogens (tertiary/aromatic N) is 4. The number of amides is 2. The molecule has 1 saturated carbocycles. The lowest BCUT2D eigenvalue weighted by molar-refractivity contribution is -0.117. The Hall–Kier alpha value is -4.26. The highest BCUT2D eigenvalue weighted by molar-refractivity contribution is 5.94. The van der Waals surface area contributed by atoms with Gasteiger partial charge in [0.25, 0.3) is 5.91 Å². The molecule has 35 heavy (non-hydrogen) atoms. The van der Waals surface area contributed by atoms with Crippen LogP contribution in [0.15, 0.2) is 53.5 Å². The maximum atomic E-state index is 14.9. The number of aromatic nitrogens is 2. The van der Waals surface area contributed by atoms with Crippen LogP contribution in [0.1, 0.15) is 35.4 Å². The molecule has 2 atom stereocenters. The fourth-order valence-electron chi connectivity index (χ4n) is 3.98. The topological polar surface area (TPSA) is 121 Å². The molecule has 3 aromatic rings. The molecule has 0 bridgehead atoms. The number of ether oxygens (including phenoxy) is 1. The van der Waals surface area contributed by atoms with E-state index in [1.54, 1.807) is 36.5 Å². The molecule has 1 aliphatic heterocycles. The van der Waals surface area contributed by atoms with E-state index in [1.807, 2.05) is 0 Å². The lowest BCUT2D eigenvalue weighted by Crippen LogP contribution is -2.49. The summed E-state index contributed by atoms with van der Waals surface area (Å²) in [5.41, 5.74) is 2.13. The van der Waals surface area contributed by atoms with Crippen molar-refractivity contribution in [2.24, 2.45) is 5.92 Å². The molecule has 1 aliphatic carbocycles. The zero-order valence-corrected chi connectivity index (χ0v) is 18.7. The van der Waals surface area contributed by atoms with E-state index < -0.39 is 18.2 Å². The van der Waals surface area contributed by atoms with Gasteiger partial charge < -0.3 is 19.4 Å². The van der Waals surface area contributed by atoms with Crippen molar-refractivity contribution in [2.75, 3.05) is 18.4 Å². The molecule has 2 fully saturated rings.